The van der Waals surface area contributed by atoms with Gasteiger partial charge < -0.3 is 10.2 Å². The average Bonchev–Trinajstić information content (AvgIpc) is 3.28. The summed E-state index contributed by atoms with van der Waals surface area (Å²) in [6, 6.07) is 27.8. The summed E-state index contributed by atoms with van der Waals surface area (Å²) < 4.78 is 1.90. The van der Waals surface area contributed by atoms with Crippen molar-refractivity contribution in [2.75, 3.05) is 17.2 Å². The van der Waals surface area contributed by atoms with E-state index in [-0.39, 0.29) is 18.4 Å². The number of nitrogens with one attached hydrogen (secondary N) is 1. The minimum absolute atomic E-state index is 0.00473. The fourth-order valence-corrected chi connectivity index (χ4v) is 4.94. The van der Waals surface area contributed by atoms with Crippen molar-refractivity contribution in [3.05, 3.63) is 102 Å². The molecule has 0 saturated heterocycles. The van der Waals surface area contributed by atoms with Gasteiger partial charge >= 0.3 is 0 Å². The standard InChI is InChI=1S/C27H24N4O2S/c32-25(18-31-23-13-7-8-14-24(23)34-19-26(31)33)28-15-22-17-30(16-20-9-3-1-4-10-20)29-27(22)21-11-5-2-6-12-21/h1-14,17H,15-16,18-19H2,(H,28,32). The first-order valence-electron chi connectivity index (χ1n) is 11.1. The van der Waals surface area contributed by atoms with Gasteiger partial charge in [0.05, 0.1) is 23.7 Å². The predicted octanol–water partition coefficient (Wildman–Crippen LogP) is 4.35. The maximum absolute atomic E-state index is 12.8. The lowest BCUT2D eigenvalue weighted by atomic mass is 10.1. The number of hydrogen-bond acceptors (Lipinski definition) is 4. The van der Waals surface area contributed by atoms with E-state index < -0.39 is 0 Å². The van der Waals surface area contributed by atoms with Gasteiger partial charge in [-0.3, -0.25) is 14.3 Å². The molecule has 5 rings (SSSR count). The van der Waals surface area contributed by atoms with Crippen LogP contribution in [-0.4, -0.2) is 33.9 Å². The van der Waals surface area contributed by atoms with Crippen LogP contribution in [0.3, 0.4) is 0 Å². The van der Waals surface area contributed by atoms with Crippen molar-refractivity contribution in [1.82, 2.24) is 15.1 Å². The SMILES string of the molecule is O=C(CN1C(=O)CSc2ccccc21)NCc1cn(Cc2ccccc2)nc1-c1ccccc1. The number of fused-ring (bicyclic) bond motifs is 1. The fraction of sp³-hybridized carbons (Fsp3) is 0.148. The van der Waals surface area contributed by atoms with E-state index in [1.54, 1.807) is 4.90 Å². The van der Waals surface area contributed by atoms with E-state index in [1.807, 2.05) is 83.7 Å². The van der Waals surface area contributed by atoms with E-state index in [0.717, 1.165) is 33.0 Å². The highest BCUT2D eigenvalue weighted by molar-refractivity contribution is 8.00. The predicted molar refractivity (Wildman–Crippen MR) is 135 cm³/mol. The third-order valence-corrected chi connectivity index (χ3v) is 6.71. The first-order valence-corrected chi connectivity index (χ1v) is 12.1. The Morgan fingerprint density at radius 3 is 2.44 bits per heavy atom. The van der Waals surface area contributed by atoms with Crippen LogP contribution >= 0.6 is 11.8 Å². The summed E-state index contributed by atoms with van der Waals surface area (Å²) in [7, 11) is 0. The molecule has 2 heterocycles. The third kappa shape index (κ3) is 4.89. The van der Waals surface area contributed by atoms with Gasteiger partial charge in [0.2, 0.25) is 11.8 Å². The number of amides is 2. The Balaban J connectivity index is 1.32. The molecule has 1 N–H and O–H groups in total. The number of thioether (sulfide) groups is 1. The van der Waals surface area contributed by atoms with Crippen LogP contribution in [0.25, 0.3) is 11.3 Å². The van der Waals surface area contributed by atoms with E-state index in [4.69, 9.17) is 5.10 Å². The summed E-state index contributed by atoms with van der Waals surface area (Å²) in [5, 5.41) is 7.80. The van der Waals surface area contributed by atoms with Crippen molar-refractivity contribution in [1.29, 1.82) is 0 Å². The van der Waals surface area contributed by atoms with Gasteiger partial charge in [-0.05, 0) is 17.7 Å². The van der Waals surface area contributed by atoms with Gasteiger partial charge in [0.1, 0.15) is 6.54 Å². The molecule has 170 valence electrons. The molecule has 34 heavy (non-hydrogen) atoms. The van der Waals surface area contributed by atoms with Gasteiger partial charge in [-0.2, -0.15) is 5.10 Å². The number of hydrogen-bond donors (Lipinski definition) is 1. The van der Waals surface area contributed by atoms with Crippen LogP contribution in [0.4, 0.5) is 5.69 Å². The zero-order valence-electron chi connectivity index (χ0n) is 18.6. The van der Waals surface area contributed by atoms with Crippen molar-refractivity contribution >= 4 is 29.3 Å². The van der Waals surface area contributed by atoms with Crippen molar-refractivity contribution < 1.29 is 9.59 Å². The Bertz CT molecular complexity index is 1300. The van der Waals surface area contributed by atoms with Crippen LogP contribution in [0.15, 0.2) is 96.0 Å². The summed E-state index contributed by atoms with van der Waals surface area (Å²) in [6.45, 7) is 0.969. The number of carbonyl (C=O) groups excluding carboxylic acids is 2. The Morgan fingerprint density at radius 2 is 1.65 bits per heavy atom. The second-order valence-corrected chi connectivity index (χ2v) is 9.08. The van der Waals surface area contributed by atoms with Crippen LogP contribution < -0.4 is 10.2 Å². The van der Waals surface area contributed by atoms with E-state index in [1.165, 1.54) is 11.8 Å². The highest BCUT2D eigenvalue weighted by Crippen LogP contribution is 2.34. The minimum atomic E-state index is -0.204. The summed E-state index contributed by atoms with van der Waals surface area (Å²) in [5.41, 5.74) is 4.71. The first-order chi connectivity index (χ1) is 16.7. The van der Waals surface area contributed by atoms with Gasteiger partial charge in [0.15, 0.2) is 0 Å². The van der Waals surface area contributed by atoms with E-state index in [0.29, 0.717) is 18.8 Å². The molecule has 2 amide bonds. The zero-order valence-corrected chi connectivity index (χ0v) is 19.4. The van der Waals surface area contributed by atoms with E-state index in [2.05, 4.69) is 17.4 Å². The number of rotatable bonds is 7. The third-order valence-electron chi connectivity index (χ3n) is 5.66. The molecule has 7 heteroatoms. The smallest absolute Gasteiger partial charge is 0.240 e. The maximum atomic E-state index is 12.8. The summed E-state index contributed by atoms with van der Waals surface area (Å²) in [5.74, 6) is 0.0821. The molecule has 6 nitrogen and oxygen atoms in total. The number of carbonyl (C=O) groups is 2. The topological polar surface area (TPSA) is 67.2 Å². The summed E-state index contributed by atoms with van der Waals surface area (Å²) in [4.78, 5) is 27.9. The van der Waals surface area contributed by atoms with Gasteiger partial charge in [-0.1, -0.05) is 72.8 Å². The highest BCUT2D eigenvalue weighted by atomic mass is 32.2. The molecular formula is C27H24N4O2S. The monoisotopic (exact) mass is 468 g/mol. The molecule has 0 spiro atoms. The molecule has 1 aliphatic heterocycles. The largest absolute Gasteiger partial charge is 0.350 e. The molecule has 3 aromatic carbocycles. The molecule has 0 bridgehead atoms. The van der Waals surface area contributed by atoms with Crippen LogP contribution in [0.1, 0.15) is 11.1 Å². The molecule has 0 atom stereocenters. The van der Waals surface area contributed by atoms with E-state index >= 15 is 0 Å². The number of nitrogens with zero attached hydrogens (tertiary/aromatic N) is 3. The molecule has 4 aromatic rings. The number of benzene rings is 3. The average molecular weight is 469 g/mol. The van der Waals surface area contributed by atoms with Crippen molar-refractivity contribution in [2.45, 2.75) is 18.0 Å². The van der Waals surface area contributed by atoms with Crippen molar-refractivity contribution in [3.8, 4) is 11.3 Å². The normalized spacial score (nSPS) is 12.9. The Labute approximate surface area is 202 Å². The maximum Gasteiger partial charge on any atom is 0.240 e. The Morgan fingerprint density at radius 1 is 0.941 bits per heavy atom. The van der Waals surface area contributed by atoms with Crippen LogP contribution in [0.2, 0.25) is 0 Å². The minimum Gasteiger partial charge on any atom is -0.350 e. The van der Waals surface area contributed by atoms with Crippen LogP contribution in [0, 0.1) is 0 Å². The quantitative estimate of drug-likeness (QED) is 0.438. The molecular weight excluding hydrogens is 444 g/mol. The van der Waals surface area contributed by atoms with Gasteiger partial charge in [-0.15, -0.1) is 11.8 Å². The van der Waals surface area contributed by atoms with Gasteiger partial charge in [0, 0.05) is 28.8 Å². The Hall–Kier alpha value is -3.84. The number of aromatic nitrogens is 2. The van der Waals surface area contributed by atoms with Crippen molar-refractivity contribution in [2.24, 2.45) is 0 Å². The van der Waals surface area contributed by atoms with Gasteiger partial charge in [-0.25, -0.2) is 0 Å². The van der Waals surface area contributed by atoms with E-state index in [9.17, 15) is 9.59 Å². The molecule has 1 aromatic heterocycles. The highest BCUT2D eigenvalue weighted by Gasteiger charge is 2.26. The Kier molecular flexibility index (Phi) is 6.44. The molecule has 1 aliphatic rings. The number of para-hydroxylation sites is 1. The first kappa shape index (κ1) is 22.0. The lowest BCUT2D eigenvalue weighted by Crippen LogP contribution is -2.43. The second-order valence-electron chi connectivity index (χ2n) is 8.07. The van der Waals surface area contributed by atoms with Crippen LogP contribution in [-0.2, 0) is 22.7 Å². The van der Waals surface area contributed by atoms with Crippen molar-refractivity contribution in [3.63, 3.8) is 0 Å². The molecule has 0 saturated carbocycles. The second kappa shape index (κ2) is 9.97. The molecule has 0 aliphatic carbocycles. The van der Waals surface area contributed by atoms with Gasteiger partial charge in [0.25, 0.3) is 0 Å². The summed E-state index contributed by atoms with van der Waals surface area (Å²) in [6.07, 6.45) is 1.98. The van der Waals surface area contributed by atoms with Crippen LogP contribution in [0.5, 0.6) is 0 Å². The number of anilines is 1. The lowest BCUT2D eigenvalue weighted by Gasteiger charge is -2.28. The fourth-order valence-electron chi connectivity index (χ4n) is 4.00. The molecule has 0 fully saturated rings. The summed E-state index contributed by atoms with van der Waals surface area (Å²) >= 11 is 1.51. The lowest BCUT2D eigenvalue weighted by molar-refractivity contribution is -0.123. The molecule has 0 radical (unpaired) electrons. The zero-order chi connectivity index (χ0) is 23.3. The molecule has 0 unspecified atom stereocenters.